The first kappa shape index (κ1) is 25.7. The minimum absolute atomic E-state index is 0.0940. The van der Waals surface area contributed by atoms with Gasteiger partial charge in [0.1, 0.15) is 12.4 Å². The molecule has 1 unspecified atom stereocenters. The summed E-state index contributed by atoms with van der Waals surface area (Å²) in [6.45, 7) is 7.07. The van der Waals surface area contributed by atoms with Gasteiger partial charge in [0.05, 0.1) is 27.5 Å². The summed E-state index contributed by atoms with van der Waals surface area (Å²) in [5.74, 6) is -0.735. The molecule has 4 aromatic rings. The van der Waals surface area contributed by atoms with E-state index >= 15 is 0 Å². The summed E-state index contributed by atoms with van der Waals surface area (Å²) >= 11 is 1.27. The molecule has 1 aliphatic rings. The second-order valence-electron chi connectivity index (χ2n) is 9.55. The molecule has 0 spiro atoms. The lowest BCUT2D eigenvalue weighted by Crippen LogP contribution is -2.33. The molecule has 9 heteroatoms. The predicted octanol–water partition coefficient (Wildman–Crippen LogP) is 4.95. The number of aliphatic hydroxyl groups is 1. The molecule has 196 valence electrons. The normalized spacial score (nSPS) is 15.8. The van der Waals surface area contributed by atoms with E-state index in [1.165, 1.54) is 11.3 Å². The third-order valence-corrected chi connectivity index (χ3v) is 7.85. The van der Waals surface area contributed by atoms with Crippen LogP contribution in [-0.2, 0) is 4.79 Å². The Balaban J connectivity index is 1.56. The molecule has 8 nitrogen and oxygen atoms in total. The monoisotopic (exact) mass is 530 g/mol. The zero-order valence-corrected chi connectivity index (χ0v) is 22.5. The van der Waals surface area contributed by atoms with Gasteiger partial charge in [-0.3, -0.25) is 14.0 Å². The molecule has 0 saturated heterocycles. The first-order valence-electron chi connectivity index (χ1n) is 12.5. The summed E-state index contributed by atoms with van der Waals surface area (Å²) in [7, 11) is 3.94. The molecule has 1 atom stereocenters. The van der Waals surface area contributed by atoms with Crippen LogP contribution in [0.1, 0.15) is 33.4 Å². The number of imidazole rings is 1. The number of ether oxygens (including phenoxy) is 1. The molecule has 5 rings (SSSR count). The number of rotatable bonds is 10. The van der Waals surface area contributed by atoms with Crippen LogP contribution < -0.4 is 4.74 Å². The molecule has 0 saturated carbocycles. The van der Waals surface area contributed by atoms with Crippen molar-refractivity contribution in [1.82, 2.24) is 19.2 Å². The average Bonchev–Trinajstić information content (AvgIpc) is 3.52. The molecule has 2 aromatic heterocycles. The van der Waals surface area contributed by atoms with Crippen LogP contribution in [-0.4, -0.2) is 69.8 Å². The number of aromatic nitrogens is 2. The number of carbonyl (C=O) groups excluding carboxylic acids is 2. The Hall–Kier alpha value is -3.95. The van der Waals surface area contributed by atoms with Crippen molar-refractivity contribution in [3.63, 3.8) is 0 Å². The van der Waals surface area contributed by atoms with E-state index in [1.54, 1.807) is 23.1 Å². The van der Waals surface area contributed by atoms with Gasteiger partial charge < -0.3 is 19.6 Å². The van der Waals surface area contributed by atoms with Gasteiger partial charge >= 0.3 is 0 Å². The maximum Gasteiger partial charge on any atom is 0.290 e. The Labute approximate surface area is 225 Å². The van der Waals surface area contributed by atoms with Crippen LogP contribution in [0.15, 0.2) is 72.5 Å². The predicted molar refractivity (Wildman–Crippen MR) is 149 cm³/mol. The number of thiazole rings is 1. The SMILES string of the molecule is C=CCOc1ccc(C2C(C(=O)c3sc4nc5ccccc5n4c3C)=C(O)C(=O)N2CCCN(C)C)cc1. The van der Waals surface area contributed by atoms with Gasteiger partial charge in [-0.25, -0.2) is 4.98 Å². The number of nitrogens with zero attached hydrogens (tertiary/aromatic N) is 4. The highest BCUT2D eigenvalue weighted by Crippen LogP contribution is 2.41. The Morgan fingerprint density at radius 1 is 1.21 bits per heavy atom. The number of Topliss-reactive ketones (excluding diaryl/α,β-unsaturated/α-hetero) is 1. The van der Waals surface area contributed by atoms with Gasteiger partial charge in [-0.15, -0.1) is 0 Å². The number of hydrogen-bond donors (Lipinski definition) is 1. The lowest BCUT2D eigenvalue weighted by Gasteiger charge is -2.27. The van der Waals surface area contributed by atoms with Crippen molar-refractivity contribution in [3.8, 4) is 5.75 Å². The Morgan fingerprint density at radius 2 is 1.95 bits per heavy atom. The molecule has 38 heavy (non-hydrogen) atoms. The third-order valence-electron chi connectivity index (χ3n) is 6.71. The highest BCUT2D eigenvalue weighted by atomic mass is 32.1. The van der Waals surface area contributed by atoms with E-state index in [4.69, 9.17) is 4.74 Å². The van der Waals surface area contributed by atoms with E-state index in [0.717, 1.165) is 28.8 Å². The van der Waals surface area contributed by atoms with Gasteiger partial charge in [-0.2, -0.15) is 0 Å². The van der Waals surface area contributed by atoms with Gasteiger partial charge in [0.15, 0.2) is 10.7 Å². The second-order valence-corrected chi connectivity index (χ2v) is 10.5. The van der Waals surface area contributed by atoms with Crippen LogP contribution in [0.3, 0.4) is 0 Å². The first-order chi connectivity index (χ1) is 18.3. The minimum atomic E-state index is -0.712. The molecule has 1 aliphatic heterocycles. The summed E-state index contributed by atoms with van der Waals surface area (Å²) in [6.07, 6.45) is 2.36. The maximum absolute atomic E-state index is 14.1. The van der Waals surface area contributed by atoms with Gasteiger partial charge in [-0.05, 0) is 63.8 Å². The smallest absolute Gasteiger partial charge is 0.290 e. The highest BCUT2D eigenvalue weighted by Gasteiger charge is 2.44. The summed E-state index contributed by atoms with van der Waals surface area (Å²) in [5, 5.41) is 11.1. The maximum atomic E-state index is 14.1. The summed E-state index contributed by atoms with van der Waals surface area (Å²) in [6, 6.07) is 14.3. The second kappa shape index (κ2) is 10.4. The molecular formula is C29H30N4O4S. The van der Waals surface area contributed by atoms with Crippen LogP contribution in [0, 0.1) is 6.92 Å². The topological polar surface area (TPSA) is 87.4 Å². The fourth-order valence-electron chi connectivity index (χ4n) is 4.92. The third kappa shape index (κ3) is 4.48. The van der Waals surface area contributed by atoms with Crippen LogP contribution >= 0.6 is 11.3 Å². The van der Waals surface area contributed by atoms with E-state index in [-0.39, 0.29) is 11.4 Å². The summed E-state index contributed by atoms with van der Waals surface area (Å²) < 4.78 is 7.57. The number of amides is 1. The van der Waals surface area contributed by atoms with Crippen molar-refractivity contribution in [3.05, 3.63) is 88.7 Å². The van der Waals surface area contributed by atoms with Crippen LogP contribution in [0.2, 0.25) is 0 Å². The molecule has 0 aliphatic carbocycles. The van der Waals surface area contributed by atoms with Crippen molar-refractivity contribution in [1.29, 1.82) is 0 Å². The van der Waals surface area contributed by atoms with Crippen molar-refractivity contribution < 1.29 is 19.4 Å². The zero-order chi connectivity index (χ0) is 27.0. The van der Waals surface area contributed by atoms with Crippen molar-refractivity contribution in [2.24, 2.45) is 0 Å². The zero-order valence-electron chi connectivity index (χ0n) is 21.7. The molecule has 0 bridgehead atoms. The summed E-state index contributed by atoms with van der Waals surface area (Å²) in [4.78, 5) is 36.8. The highest BCUT2D eigenvalue weighted by molar-refractivity contribution is 7.19. The molecule has 3 heterocycles. The number of hydrogen-bond acceptors (Lipinski definition) is 7. The Kier molecular flexibility index (Phi) is 7.05. The minimum Gasteiger partial charge on any atom is -0.503 e. The average molecular weight is 531 g/mol. The van der Waals surface area contributed by atoms with E-state index in [2.05, 4.69) is 11.6 Å². The number of aliphatic hydroxyl groups excluding tert-OH is 1. The van der Waals surface area contributed by atoms with Crippen LogP contribution in [0.4, 0.5) is 0 Å². The van der Waals surface area contributed by atoms with Gasteiger partial charge in [0, 0.05) is 12.2 Å². The van der Waals surface area contributed by atoms with E-state index in [0.29, 0.717) is 35.2 Å². The lowest BCUT2D eigenvalue weighted by atomic mass is 9.95. The van der Waals surface area contributed by atoms with Gasteiger partial charge in [-0.1, -0.05) is 48.3 Å². The van der Waals surface area contributed by atoms with Crippen LogP contribution in [0.5, 0.6) is 5.75 Å². The number of para-hydroxylation sites is 2. The van der Waals surface area contributed by atoms with Crippen molar-refractivity contribution in [2.75, 3.05) is 33.8 Å². The first-order valence-corrected chi connectivity index (χ1v) is 13.3. The van der Waals surface area contributed by atoms with Crippen LogP contribution in [0.25, 0.3) is 16.0 Å². The van der Waals surface area contributed by atoms with Crippen molar-refractivity contribution >= 4 is 39.0 Å². The number of aryl methyl sites for hydroxylation is 1. The summed E-state index contributed by atoms with van der Waals surface area (Å²) in [5.41, 5.74) is 3.31. The quantitative estimate of drug-likeness (QED) is 0.231. The van der Waals surface area contributed by atoms with Gasteiger partial charge in [0.25, 0.3) is 5.91 Å². The standard InChI is InChI=1S/C29H30N4O4S/c1-5-17-37-20-13-11-19(12-14-20)24-23(26(35)28(36)32(24)16-8-15-31(3)4)25(34)27-18(2)33-22-10-7-6-9-21(22)30-29(33)38-27/h5-7,9-14,24,35H,1,8,15-17H2,2-4H3. The molecule has 2 aromatic carbocycles. The van der Waals surface area contributed by atoms with Gasteiger partial charge in [0.2, 0.25) is 5.78 Å². The number of ketones is 1. The lowest BCUT2D eigenvalue weighted by molar-refractivity contribution is -0.129. The van der Waals surface area contributed by atoms with Crippen molar-refractivity contribution in [2.45, 2.75) is 19.4 Å². The van der Waals surface area contributed by atoms with E-state index in [9.17, 15) is 14.7 Å². The molecule has 0 radical (unpaired) electrons. The molecule has 1 N–H and O–H groups in total. The Morgan fingerprint density at radius 3 is 2.66 bits per heavy atom. The van der Waals surface area contributed by atoms with E-state index < -0.39 is 17.7 Å². The number of carbonyl (C=O) groups is 2. The number of fused-ring (bicyclic) bond motifs is 3. The fourth-order valence-corrected chi connectivity index (χ4v) is 6.01. The van der Waals surface area contributed by atoms with E-state index in [1.807, 2.05) is 66.7 Å². The fraction of sp³-hybridized carbons (Fsp3) is 0.276. The largest absolute Gasteiger partial charge is 0.503 e. The number of benzene rings is 2. The Bertz CT molecular complexity index is 1560. The molecule has 0 fully saturated rings. The molecular weight excluding hydrogens is 500 g/mol. The molecule has 1 amide bonds.